The van der Waals surface area contributed by atoms with Gasteiger partial charge in [0.05, 0.1) is 12.7 Å². The summed E-state index contributed by atoms with van der Waals surface area (Å²) in [7, 11) is 0. The molecule has 1 rings (SSSR count). The SMILES string of the molecule is CCOC(=O)c1c(OC(F)(F)F)cc([N+](=O)[O-])nc1I. The van der Waals surface area contributed by atoms with Crippen molar-refractivity contribution in [3.63, 3.8) is 0 Å². The lowest BCUT2D eigenvalue weighted by atomic mass is 10.2. The Morgan fingerprint density at radius 2 is 2.15 bits per heavy atom. The normalized spacial score (nSPS) is 11.1. The van der Waals surface area contributed by atoms with Crippen molar-refractivity contribution < 1.29 is 32.4 Å². The molecule has 7 nitrogen and oxygen atoms in total. The molecule has 0 radical (unpaired) electrons. The standard InChI is InChI=1S/C9H6F3IN2O5/c1-2-19-8(16)6-4(20-9(10,11)12)3-5(15(17)18)14-7(6)13/h3H,2H2,1H3. The number of rotatable bonds is 4. The average Bonchev–Trinajstić information content (AvgIpc) is 2.25. The van der Waals surface area contributed by atoms with E-state index in [1.54, 1.807) is 0 Å². The molecule has 0 aliphatic heterocycles. The van der Waals surface area contributed by atoms with Crippen LogP contribution in [0.15, 0.2) is 6.07 Å². The smallest absolute Gasteiger partial charge is 0.462 e. The molecular weight excluding hydrogens is 400 g/mol. The molecule has 0 aliphatic rings. The van der Waals surface area contributed by atoms with E-state index in [9.17, 15) is 28.1 Å². The molecule has 0 aliphatic carbocycles. The highest BCUT2D eigenvalue weighted by Crippen LogP contribution is 2.32. The fourth-order valence-electron chi connectivity index (χ4n) is 1.17. The van der Waals surface area contributed by atoms with E-state index in [1.165, 1.54) is 29.5 Å². The van der Waals surface area contributed by atoms with Crippen LogP contribution >= 0.6 is 22.6 Å². The third-order valence-corrected chi connectivity index (χ3v) is 2.60. The van der Waals surface area contributed by atoms with Crippen LogP contribution in [0.2, 0.25) is 0 Å². The van der Waals surface area contributed by atoms with Gasteiger partial charge < -0.3 is 19.6 Å². The Morgan fingerprint density at radius 3 is 2.60 bits per heavy atom. The second kappa shape index (κ2) is 6.19. The van der Waals surface area contributed by atoms with Gasteiger partial charge in [0.15, 0.2) is 11.3 Å². The van der Waals surface area contributed by atoms with Crippen molar-refractivity contribution in [1.29, 1.82) is 0 Å². The summed E-state index contributed by atoms with van der Waals surface area (Å²) in [4.78, 5) is 24.5. The lowest BCUT2D eigenvalue weighted by molar-refractivity contribution is -0.389. The molecule has 1 aromatic rings. The summed E-state index contributed by atoms with van der Waals surface area (Å²) in [5.41, 5.74) is -0.615. The Balaban J connectivity index is 3.40. The molecule has 0 bridgehead atoms. The van der Waals surface area contributed by atoms with E-state index >= 15 is 0 Å². The number of nitro groups is 1. The molecule has 0 unspecified atom stereocenters. The van der Waals surface area contributed by atoms with Crippen LogP contribution < -0.4 is 4.74 Å². The molecule has 0 amide bonds. The highest BCUT2D eigenvalue weighted by molar-refractivity contribution is 14.1. The molecule has 20 heavy (non-hydrogen) atoms. The lowest BCUT2D eigenvalue weighted by Gasteiger charge is -2.12. The Labute approximate surface area is 123 Å². The van der Waals surface area contributed by atoms with Gasteiger partial charge in [-0.2, -0.15) is 0 Å². The van der Waals surface area contributed by atoms with Gasteiger partial charge in [0.1, 0.15) is 0 Å². The fraction of sp³-hybridized carbons (Fsp3) is 0.333. The summed E-state index contributed by atoms with van der Waals surface area (Å²) in [6.07, 6.45) is -5.11. The lowest BCUT2D eigenvalue weighted by Crippen LogP contribution is -2.21. The first-order chi connectivity index (χ1) is 9.15. The molecule has 0 atom stereocenters. The maximum Gasteiger partial charge on any atom is 0.573 e. The number of hydrogen-bond donors (Lipinski definition) is 0. The van der Waals surface area contributed by atoms with Crippen molar-refractivity contribution in [1.82, 2.24) is 4.98 Å². The number of carbonyl (C=O) groups excluding carboxylic acids is 1. The largest absolute Gasteiger partial charge is 0.573 e. The Morgan fingerprint density at radius 1 is 1.55 bits per heavy atom. The van der Waals surface area contributed by atoms with Gasteiger partial charge in [0.25, 0.3) is 0 Å². The van der Waals surface area contributed by atoms with E-state index < -0.39 is 34.4 Å². The molecular formula is C9H6F3IN2O5. The summed E-state index contributed by atoms with van der Waals surface area (Å²) in [6, 6.07) is 0.419. The van der Waals surface area contributed by atoms with E-state index in [-0.39, 0.29) is 10.3 Å². The van der Waals surface area contributed by atoms with E-state index in [0.29, 0.717) is 6.07 Å². The Kier molecular flexibility index (Phi) is 5.08. The van der Waals surface area contributed by atoms with E-state index in [0.717, 1.165) is 0 Å². The van der Waals surface area contributed by atoms with Crippen molar-refractivity contribution in [2.75, 3.05) is 6.61 Å². The zero-order valence-electron chi connectivity index (χ0n) is 9.73. The molecule has 0 aromatic carbocycles. The molecule has 1 heterocycles. The molecule has 0 spiro atoms. The molecule has 0 fully saturated rings. The van der Waals surface area contributed by atoms with Crippen LogP contribution in [0.25, 0.3) is 0 Å². The topological polar surface area (TPSA) is 91.6 Å². The first-order valence-electron chi connectivity index (χ1n) is 4.93. The van der Waals surface area contributed by atoms with Crippen LogP contribution in [0.4, 0.5) is 19.0 Å². The summed E-state index contributed by atoms with van der Waals surface area (Å²) < 4.78 is 44.7. The molecule has 11 heteroatoms. The number of hydrogen-bond acceptors (Lipinski definition) is 6. The molecule has 0 saturated carbocycles. The molecule has 1 aromatic heterocycles. The molecule has 110 valence electrons. The van der Waals surface area contributed by atoms with Crippen molar-refractivity contribution >= 4 is 34.4 Å². The van der Waals surface area contributed by atoms with E-state index in [4.69, 9.17) is 0 Å². The quantitative estimate of drug-likeness (QED) is 0.251. The molecule has 0 saturated heterocycles. The van der Waals surface area contributed by atoms with Gasteiger partial charge in [0, 0.05) is 22.6 Å². The van der Waals surface area contributed by atoms with Crippen LogP contribution in [-0.4, -0.2) is 28.8 Å². The number of esters is 1. The first kappa shape index (κ1) is 16.4. The minimum atomic E-state index is -5.11. The zero-order valence-corrected chi connectivity index (χ0v) is 11.9. The number of carbonyl (C=O) groups is 1. The van der Waals surface area contributed by atoms with Gasteiger partial charge in [-0.05, 0) is 16.8 Å². The summed E-state index contributed by atoms with van der Waals surface area (Å²) in [5, 5.41) is 10.6. The monoisotopic (exact) mass is 406 g/mol. The van der Waals surface area contributed by atoms with Gasteiger partial charge >= 0.3 is 18.1 Å². The number of halogens is 4. The van der Waals surface area contributed by atoms with Gasteiger partial charge in [-0.1, -0.05) is 0 Å². The van der Waals surface area contributed by atoms with Gasteiger partial charge in [-0.3, -0.25) is 0 Å². The number of ether oxygens (including phenoxy) is 2. The van der Waals surface area contributed by atoms with Crippen molar-refractivity contribution in [3.05, 3.63) is 25.4 Å². The predicted molar refractivity (Wildman–Crippen MR) is 66.2 cm³/mol. The van der Waals surface area contributed by atoms with E-state index in [2.05, 4.69) is 14.5 Å². The number of nitrogens with zero attached hydrogens (tertiary/aromatic N) is 2. The minimum Gasteiger partial charge on any atom is -0.462 e. The summed E-state index contributed by atoms with van der Waals surface area (Å²) in [5.74, 6) is -3.01. The Hall–Kier alpha value is -1.66. The van der Waals surface area contributed by atoms with Crippen molar-refractivity contribution in [2.24, 2.45) is 0 Å². The second-order valence-corrected chi connectivity index (χ2v) is 4.19. The van der Waals surface area contributed by atoms with Gasteiger partial charge in [-0.25, -0.2) is 4.79 Å². The fourth-order valence-corrected chi connectivity index (χ4v) is 1.90. The van der Waals surface area contributed by atoms with Crippen molar-refractivity contribution in [2.45, 2.75) is 13.3 Å². The van der Waals surface area contributed by atoms with Crippen LogP contribution in [0, 0.1) is 13.8 Å². The van der Waals surface area contributed by atoms with Crippen LogP contribution in [0.1, 0.15) is 17.3 Å². The summed E-state index contributed by atoms with van der Waals surface area (Å²) >= 11 is 1.39. The van der Waals surface area contributed by atoms with Crippen LogP contribution in [0.3, 0.4) is 0 Å². The maximum absolute atomic E-state index is 12.3. The number of alkyl halides is 3. The number of aromatic nitrogens is 1. The van der Waals surface area contributed by atoms with Gasteiger partial charge in [0.2, 0.25) is 3.70 Å². The summed E-state index contributed by atoms with van der Waals surface area (Å²) in [6.45, 7) is 1.37. The number of pyridine rings is 1. The predicted octanol–water partition coefficient (Wildman–Crippen LogP) is 2.67. The second-order valence-electron chi connectivity index (χ2n) is 3.17. The van der Waals surface area contributed by atoms with Crippen LogP contribution in [0.5, 0.6) is 5.75 Å². The average molecular weight is 406 g/mol. The third kappa shape index (κ3) is 4.18. The highest BCUT2D eigenvalue weighted by atomic mass is 127. The zero-order chi connectivity index (χ0) is 15.5. The first-order valence-corrected chi connectivity index (χ1v) is 6.01. The minimum absolute atomic E-state index is 0.0860. The molecule has 0 N–H and O–H groups in total. The van der Waals surface area contributed by atoms with Gasteiger partial charge in [-0.15, -0.1) is 13.2 Å². The van der Waals surface area contributed by atoms with Crippen molar-refractivity contribution in [3.8, 4) is 5.75 Å². The third-order valence-electron chi connectivity index (χ3n) is 1.82. The van der Waals surface area contributed by atoms with E-state index in [1.807, 2.05) is 0 Å². The maximum atomic E-state index is 12.3. The highest BCUT2D eigenvalue weighted by Gasteiger charge is 2.36. The Bertz CT molecular complexity index is 549. The van der Waals surface area contributed by atoms with Crippen LogP contribution in [-0.2, 0) is 4.74 Å².